The Balaban J connectivity index is 0.000000671. The monoisotopic (exact) mass is 186 g/mol. The third-order valence-corrected chi connectivity index (χ3v) is 2.33. The molecule has 0 radical (unpaired) electrons. The van der Waals surface area contributed by atoms with Gasteiger partial charge in [0.05, 0.1) is 0 Å². The van der Waals surface area contributed by atoms with Gasteiger partial charge in [0.1, 0.15) is 0 Å². The highest BCUT2D eigenvalue weighted by Crippen LogP contribution is 2.18. The third kappa shape index (κ3) is 5.64. The molecule has 0 atom stereocenters. The minimum absolute atomic E-state index is 0.153. The average molecular weight is 186 g/mol. The van der Waals surface area contributed by atoms with Gasteiger partial charge in [0.2, 0.25) is 5.91 Å². The molecular weight excluding hydrogens is 164 g/mol. The maximum atomic E-state index is 10.6. The molecule has 0 aromatic rings. The first-order chi connectivity index (χ1) is 6.18. The first-order valence-corrected chi connectivity index (χ1v) is 5.15. The number of nitrogens with two attached hydrogens (primary N) is 1. The van der Waals surface area contributed by atoms with Crippen LogP contribution in [0.25, 0.3) is 0 Å². The molecule has 3 nitrogen and oxygen atoms in total. The van der Waals surface area contributed by atoms with Crippen LogP contribution in [0.3, 0.4) is 0 Å². The number of piperidine rings is 1. The second kappa shape index (κ2) is 6.89. The predicted molar refractivity (Wildman–Crippen MR) is 55.4 cm³/mol. The maximum absolute atomic E-state index is 10.6. The van der Waals surface area contributed by atoms with E-state index in [1.165, 1.54) is 0 Å². The van der Waals surface area contributed by atoms with Gasteiger partial charge in [0, 0.05) is 6.42 Å². The van der Waals surface area contributed by atoms with E-state index in [4.69, 9.17) is 5.73 Å². The van der Waals surface area contributed by atoms with Crippen LogP contribution < -0.4 is 5.73 Å². The van der Waals surface area contributed by atoms with Crippen molar-refractivity contribution in [3.8, 4) is 0 Å². The van der Waals surface area contributed by atoms with Crippen molar-refractivity contribution in [2.24, 2.45) is 11.7 Å². The summed E-state index contributed by atoms with van der Waals surface area (Å²) in [6, 6.07) is 0. The standard InChI is InChI=1S/C8H16N2O.C2H6/c1-10-4-2-7(3-5-10)6-8(9)11;1-2/h7H,2-6H2,1H3,(H2,9,11);1-2H3. The lowest BCUT2D eigenvalue weighted by Crippen LogP contribution is -2.32. The van der Waals surface area contributed by atoms with E-state index in [0.29, 0.717) is 12.3 Å². The van der Waals surface area contributed by atoms with Gasteiger partial charge in [0.15, 0.2) is 0 Å². The smallest absolute Gasteiger partial charge is 0.217 e. The Kier molecular flexibility index (Phi) is 6.59. The number of carbonyl (C=O) groups is 1. The van der Waals surface area contributed by atoms with E-state index in [0.717, 1.165) is 25.9 Å². The molecular formula is C10H22N2O. The van der Waals surface area contributed by atoms with Crippen LogP contribution in [0.4, 0.5) is 0 Å². The number of hydrogen-bond acceptors (Lipinski definition) is 2. The molecule has 1 aliphatic rings. The molecule has 0 unspecified atom stereocenters. The van der Waals surface area contributed by atoms with Gasteiger partial charge in [-0.2, -0.15) is 0 Å². The fourth-order valence-electron chi connectivity index (χ4n) is 1.55. The third-order valence-electron chi connectivity index (χ3n) is 2.33. The van der Waals surface area contributed by atoms with Crippen LogP contribution in [0.15, 0.2) is 0 Å². The molecule has 0 saturated carbocycles. The summed E-state index contributed by atoms with van der Waals surface area (Å²) >= 11 is 0. The van der Waals surface area contributed by atoms with Crippen LogP contribution in [0.2, 0.25) is 0 Å². The Labute approximate surface area is 81.3 Å². The summed E-state index contributed by atoms with van der Waals surface area (Å²) in [5, 5.41) is 0. The minimum atomic E-state index is -0.153. The topological polar surface area (TPSA) is 46.3 Å². The molecule has 3 heteroatoms. The van der Waals surface area contributed by atoms with Gasteiger partial charge in [-0.15, -0.1) is 0 Å². The van der Waals surface area contributed by atoms with Crippen LogP contribution >= 0.6 is 0 Å². The average Bonchev–Trinajstić information content (AvgIpc) is 2.12. The van der Waals surface area contributed by atoms with E-state index in [2.05, 4.69) is 11.9 Å². The molecule has 1 fully saturated rings. The van der Waals surface area contributed by atoms with Gasteiger partial charge in [-0.05, 0) is 38.9 Å². The number of hydrogen-bond donors (Lipinski definition) is 1. The normalized spacial score (nSPS) is 19.0. The van der Waals surface area contributed by atoms with E-state index in [-0.39, 0.29) is 5.91 Å². The van der Waals surface area contributed by atoms with Gasteiger partial charge < -0.3 is 10.6 Å². The van der Waals surface area contributed by atoms with E-state index >= 15 is 0 Å². The van der Waals surface area contributed by atoms with Crippen molar-refractivity contribution in [2.45, 2.75) is 33.1 Å². The second-order valence-electron chi connectivity index (χ2n) is 3.42. The molecule has 1 rings (SSSR count). The van der Waals surface area contributed by atoms with Crippen LogP contribution in [0, 0.1) is 5.92 Å². The summed E-state index contributed by atoms with van der Waals surface area (Å²) in [5.74, 6) is 0.392. The summed E-state index contributed by atoms with van der Waals surface area (Å²) in [5.41, 5.74) is 5.11. The zero-order chi connectivity index (χ0) is 10.3. The van der Waals surface area contributed by atoms with Crippen molar-refractivity contribution in [3.63, 3.8) is 0 Å². The molecule has 0 aromatic carbocycles. The Morgan fingerprint density at radius 1 is 1.38 bits per heavy atom. The molecule has 0 spiro atoms. The van der Waals surface area contributed by atoms with Gasteiger partial charge >= 0.3 is 0 Å². The molecule has 0 bridgehead atoms. The van der Waals surface area contributed by atoms with Crippen molar-refractivity contribution >= 4 is 5.91 Å². The first-order valence-electron chi connectivity index (χ1n) is 5.15. The second-order valence-corrected chi connectivity index (χ2v) is 3.42. The molecule has 2 N–H and O–H groups in total. The van der Waals surface area contributed by atoms with Gasteiger partial charge in [-0.25, -0.2) is 0 Å². The summed E-state index contributed by atoms with van der Waals surface area (Å²) in [7, 11) is 2.11. The number of nitrogens with zero attached hydrogens (tertiary/aromatic N) is 1. The largest absolute Gasteiger partial charge is 0.370 e. The Hall–Kier alpha value is -0.570. The van der Waals surface area contributed by atoms with Crippen LogP contribution in [-0.2, 0) is 4.79 Å². The quantitative estimate of drug-likeness (QED) is 0.705. The van der Waals surface area contributed by atoms with Gasteiger partial charge in [-0.1, -0.05) is 13.8 Å². The number of rotatable bonds is 2. The maximum Gasteiger partial charge on any atom is 0.217 e. The van der Waals surface area contributed by atoms with E-state index in [1.807, 2.05) is 13.8 Å². The first kappa shape index (κ1) is 12.4. The fraction of sp³-hybridized carbons (Fsp3) is 0.900. The van der Waals surface area contributed by atoms with Crippen LogP contribution in [-0.4, -0.2) is 30.9 Å². The molecule has 13 heavy (non-hydrogen) atoms. The highest BCUT2D eigenvalue weighted by Gasteiger charge is 2.17. The number of likely N-dealkylation sites (tertiary alicyclic amines) is 1. The molecule has 1 aliphatic heterocycles. The van der Waals surface area contributed by atoms with Crippen molar-refractivity contribution in [2.75, 3.05) is 20.1 Å². The van der Waals surface area contributed by atoms with Crippen molar-refractivity contribution < 1.29 is 4.79 Å². The Morgan fingerprint density at radius 3 is 2.23 bits per heavy atom. The van der Waals surface area contributed by atoms with Gasteiger partial charge in [-0.3, -0.25) is 4.79 Å². The highest BCUT2D eigenvalue weighted by molar-refractivity contribution is 5.73. The minimum Gasteiger partial charge on any atom is -0.370 e. The zero-order valence-electron chi connectivity index (χ0n) is 9.05. The van der Waals surface area contributed by atoms with Crippen molar-refractivity contribution in [3.05, 3.63) is 0 Å². The Morgan fingerprint density at radius 2 is 1.85 bits per heavy atom. The SMILES string of the molecule is CC.CN1CCC(CC(N)=O)CC1. The lowest BCUT2D eigenvalue weighted by atomic mass is 9.94. The molecule has 1 heterocycles. The molecule has 0 aromatic heterocycles. The predicted octanol–water partition coefficient (Wildman–Crippen LogP) is 1.23. The molecule has 78 valence electrons. The zero-order valence-corrected chi connectivity index (χ0v) is 9.05. The van der Waals surface area contributed by atoms with E-state index in [9.17, 15) is 4.79 Å². The summed E-state index contributed by atoms with van der Waals surface area (Å²) in [4.78, 5) is 12.8. The van der Waals surface area contributed by atoms with E-state index in [1.54, 1.807) is 0 Å². The van der Waals surface area contributed by atoms with Crippen LogP contribution in [0.5, 0.6) is 0 Å². The highest BCUT2D eigenvalue weighted by atomic mass is 16.1. The number of primary amides is 1. The molecule has 1 saturated heterocycles. The lowest BCUT2D eigenvalue weighted by molar-refractivity contribution is -0.119. The van der Waals surface area contributed by atoms with Crippen LogP contribution in [0.1, 0.15) is 33.1 Å². The fourth-order valence-corrected chi connectivity index (χ4v) is 1.55. The molecule has 0 aliphatic carbocycles. The van der Waals surface area contributed by atoms with Crippen molar-refractivity contribution in [1.82, 2.24) is 4.90 Å². The molecule has 1 amide bonds. The summed E-state index contributed by atoms with van der Waals surface area (Å²) in [6.07, 6.45) is 2.83. The van der Waals surface area contributed by atoms with Gasteiger partial charge in [0.25, 0.3) is 0 Å². The lowest BCUT2D eigenvalue weighted by Gasteiger charge is -2.27. The van der Waals surface area contributed by atoms with E-state index < -0.39 is 0 Å². The Bertz CT molecular complexity index is 140. The number of carbonyl (C=O) groups excluding carboxylic acids is 1. The number of amides is 1. The summed E-state index contributed by atoms with van der Waals surface area (Å²) in [6.45, 7) is 6.22. The summed E-state index contributed by atoms with van der Waals surface area (Å²) < 4.78 is 0. The van der Waals surface area contributed by atoms with Crippen molar-refractivity contribution in [1.29, 1.82) is 0 Å².